The molecule has 1 saturated heterocycles. The lowest BCUT2D eigenvalue weighted by Crippen LogP contribution is -2.42. The first-order chi connectivity index (χ1) is 4.70. The third-order valence-corrected chi connectivity index (χ3v) is 2.71. The van der Waals surface area contributed by atoms with Crippen LogP contribution in [0, 0.1) is 11.8 Å². The number of rotatable bonds is 3. The molecule has 1 unspecified atom stereocenters. The van der Waals surface area contributed by atoms with Gasteiger partial charge in [-0.3, -0.25) is 0 Å². The molecule has 0 spiro atoms. The molecule has 0 bridgehead atoms. The van der Waals surface area contributed by atoms with E-state index in [9.17, 15) is 0 Å². The summed E-state index contributed by atoms with van der Waals surface area (Å²) < 4.78 is 0. The molecule has 1 aliphatic rings. The molecular formula is C8H18BN. The Morgan fingerprint density at radius 2 is 2.10 bits per heavy atom. The molecule has 1 nitrogen and oxygen atoms in total. The maximum Gasteiger partial charge on any atom is 0.105 e. The van der Waals surface area contributed by atoms with Crippen molar-refractivity contribution in [1.82, 2.24) is 5.32 Å². The molecule has 1 N–H and O–H groups in total. The summed E-state index contributed by atoms with van der Waals surface area (Å²) in [5, 5.41) is 3.31. The maximum atomic E-state index is 3.31. The van der Waals surface area contributed by atoms with Crippen LogP contribution in [0.3, 0.4) is 0 Å². The van der Waals surface area contributed by atoms with Crippen LogP contribution in [0.25, 0.3) is 0 Å². The van der Waals surface area contributed by atoms with Gasteiger partial charge in [-0.05, 0) is 19.0 Å². The smallest absolute Gasteiger partial charge is 0.105 e. The summed E-state index contributed by atoms with van der Waals surface area (Å²) in [6.07, 6.45) is 1.42. The van der Waals surface area contributed by atoms with E-state index in [1.165, 1.54) is 19.5 Å². The topological polar surface area (TPSA) is 12.0 Å². The average Bonchev–Trinajstić information content (AvgIpc) is 1.77. The molecule has 0 aliphatic carbocycles. The van der Waals surface area contributed by atoms with E-state index in [4.69, 9.17) is 0 Å². The van der Waals surface area contributed by atoms with Gasteiger partial charge < -0.3 is 5.32 Å². The van der Waals surface area contributed by atoms with Crippen LogP contribution >= 0.6 is 0 Å². The third kappa shape index (κ3) is 2.01. The van der Waals surface area contributed by atoms with Crippen molar-refractivity contribution in [1.29, 1.82) is 0 Å². The zero-order valence-electron chi connectivity index (χ0n) is 7.35. The van der Waals surface area contributed by atoms with Crippen LogP contribution in [0.2, 0.25) is 5.82 Å². The average molecular weight is 139 g/mol. The molecule has 1 atom stereocenters. The predicted octanol–water partition coefficient (Wildman–Crippen LogP) is 0.673. The van der Waals surface area contributed by atoms with Gasteiger partial charge in [-0.15, -0.1) is 0 Å². The summed E-state index contributed by atoms with van der Waals surface area (Å²) >= 11 is 0. The van der Waals surface area contributed by atoms with Gasteiger partial charge in [0.25, 0.3) is 0 Å². The quantitative estimate of drug-likeness (QED) is 0.566. The van der Waals surface area contributed by atoms with Crippen LogP contribution < -0.4 is 5.32 Å². The minimum atomic E-state index is 0.862. The molecule has 1 rings (SSSR count). The van der Waals surface area contributed by atoms with Gasteiger partial charge in [0.15, 0.2) is 0 Å². The summed E-state index contributed by atoms with van der Waals surface area (Å²) in [7, 11) is 2.36. The summed E-state index contributed by atoms with van der Waals surface area (Å²) in [5.41, 5.74) is 0. The molecule has 0 aromatic heterocycles. The van der Waals surface area contributed by atoms with Crippen LogP contribution in [-0.2, 0) is 0 Å². The van der Waals surface area contributed by atoms with E-state index in [1.807, 2.05) is 0 Å². The number of hydrogen-bond acceptors (Lipinski definition) is 1. The summed E-state index contributed by atoms with van der Waals surface area (Å²) in [6.45, 7) is 7.15. The Kier molecular flexibility index (Phi) is 2.78. The molecule has 0 aromatic carbocycles. The zero-order chi connectivity index (χ0) is 7.56. The second-order valence-electron chi connectivity index (χ2n) is 3.98. The van der Waals surface area contributed by atoms with E-state index >= 15 is 0 Å². The Balaban J connectivity index is 2.10. The zero-order valence-corrected chi connectivity index (χ0v) is 7.35. The molecular weight excluding hydrogens is 121 g/mol. The minimum Gasteiger partial charge on any atom is -0.316 e. The van der Waals surface area contributed by atoms with Crippen LogP contribution in [0.15, 0.2) is 0 Å². The van der Waals surface area contributed by atoms with Crippen molar-refractivity contribution in [3.63, 3.8) is 0 Å². The third-order valence-electron chi connectivity index (χ3n) is 2.71. The highest BCUT2D eigenvalue weighted by molar-refractivity contribution is 6.11. The first-order valence-electron chi connectivity index (χ1n) is 4.41. The van der Waals surface area contributed by atoms with Crippen LogP contribution in [0.1, 0.15) is 20.3 Å². The fourth-order valence-corrected chi connectivity index (χ4v) is 1.31. The van der Waals surface area contributed by atoms with Gasteiger partial charge in [-0.2, -0.15) is 0 Å². The van der Waals surface area contributed by atoms with Crippen molar-refractivity contribution in [2.45, 2.75) is 26.1 Å². The maximum absolute atomic E-state index is 3.31. The van der Waals surface area contributed by atoms with Gasteiger partial charge in [0.05, 0.1) is 0 Å². The van der Waals surface area contributed by atoms with E-state index in [2.05, 4.69) is 27.0 Å². The molecule has 2 heteroatoms. The van der Waals surface area contributed by atoms with Crippen molar-refractivity contribution < 1.29 is 0 Å². The number of nitrogens with one attached hydrogen (secondary N) is 1. The molecule has 1 aliphatic heterocycles. The highest BCUT2D eigenvalue weighted by Crippen LogP contribution is 2.24. The van der Waals surface area contributed by atoms with E-state index in [0.717, 1.165) is 17.7 Å². The molecule has 1 fully saturated rings. The normalized spacial score (nSPS) is 22.7. The molecule has 58 valence electrons. The highest BCUT2D eigenvalue weighted by Gasteiger charge is 2.20. The van der Waals surface area contributed by atoms with Crippen LogP contribution in [0.5, 0.6) is 0 Å². The first kappa shape index (κ1) is 8.12. The lowest BCUT2D eigenvalue weighted by atomic mass is 9.72. The first-order valence-corrected chi connectivity index (χ1v) is 4.41. The second-order valence-corrected chi connectivity index (χ2v) is 3.98. The Morgan fingerprint density at radius 1 is 1.50 bits per heavy atom. The fourth-order valence-electron chi connectivity index (χ4n) is 1.31. The fraction of sp³-hybridized carbons (Fsp3) is 1.00. The monoisotopic (exact) mass is 139 g/mol. The Bertz CT molecular complexity index is 99.4. The lowest BCUT2D eigenvalue weighted by molar-refractivity contribution is 0.306. The van der Waals surface area contributed by atoms with E-state index in [0.29, 0.717) is 0 Å². The predicted molar refractivity (Wildman–Crippen MR) is 48.1 cm³/mol. The van der Waals surface area contributed by atoms with Gasteiger partial charge >= 0.3 is 0 Å². The van der Waals surface area contributed by atoms with Crippen LogP contribution in [-0.4, -0.2) is 20.9 Å². The van der Waals surface area contributed by atoms with Gasteiger partial charge in [0, 0.05) is 0 Å². The largest absolute Gasteiger partial charge is 0.316 e. The molecule has 0 saturated carbocycles. The van der Waals surface area contributed by atoms with Crippen molar-refractivity contribution in [3.8, 4) is 0 Å². The Morgan fingerprint density at radius 3 is 2.40 bits per heavy atom. The molecule has 1 heterocycles. The van der Waals surface area contributed by atoms with Gasteiger partial charge in [0.1, 0.15) is 7.85 Å². The SMILES string of the molecule is BC(CC1CNC1)C(C)C. The van der Waals surface area contributed by atoms with Gasteiger partial charge in [-0.25, -0.2) is 0 Å². The van der Waals surface area contributed by atoms with E-state index in [1.54, 1.807) is 0 Å². The minimum absolute atomic E-state index is 0.862. The van der Waals surface area contributed by atoms with Crippen molar-refractivity contribution in [2.75, 3.05) is 13.1 Å². The van der Waals surface area contributed by atoms with Gasteiger partial charge in [-0.1, -0.05) is 32.0 Å². The molecule has 0 aromatic rings. The van der Waals surface area contributed by atoms with Crippen LogP contribution in [0.4, 0.5) is 0 Å². The highest BCUT2D eigenvalue weighted by atomic mass is 14.9. The molecule has 0 amide bonds. The van der Waals surface area contributed by atoms with Crippen molar-refractivity contribution >= 4 is 7.85 Å². The number of hydrogen-bond donors (Lipinski definition) is 1. The second kappa shape index (κ2) is 3.43. The van der Waals surface area contributed by atoms with E-state index in [-0.39, 0.29) is 0 Å². The van der Waals surface area contributed by atoms with Gasteiger partial charge in [0.2, 0.25) is 0 Å². The molecule has 0 radical (unpaired) electrons. The summed E-state index contributed by atoms with van der Waals surface area (Å²) in [5.74, 6) is 2.75. The summed E-state index contributed by atoms with van der Waals surface area (Å²) in [4.78, 5) is 0. The standard InChI is InChI=1S/C8H18BN/c1-6(2)8(9)3-7-4-10-5-7/h6-8,10H,3-5,9H2,1-2H3. The Hall–Kier alpha value is 0.0249. The Labute approximate surface area is 65.0 Å². The molecule has 10 heavy (non-hydrogen) atoms. The summed E-state index contributed by atoms with van der Waals surface area (Å²) in [6, 6.07) is 0. The lowest BCUT2D eigenvalue weighted by Gasteiger charge is -2.30. The van der Waals surface area contributed by atoms with Crippen molar-refractivity contribution in [3.05, 3.63) is 0 Å². The van der Waals surface area contributed by atoms with E-state index < -0.39 is 0 Å². The van der Waals surface area contributed by atoms with Crippen molar-refractivity contribution in [2.24, 2.45) is 11.8 Å².